The van der Waals surface area contributed by atoms with Crippen LogP contribution in [0.1, 0.15) is 27.7 Å². The SMILES string of the molecule is CCOc1cc(Cl)c(C(=O)c2sccc2C)cc1Cl. The molecule has 1 aromatic carbocycles. The minimum Gasteiger partial charge on any atom is -0.492 e. The van der Waals surface area contributed by atoms with Gasteiger partial charge in [-0.1, -0.05) is 23.2 Å². The molecule has 0 aliphatic carbocycles. The van der Waals surface area contributed by atoms with Crippen LogP contribution in [0.15, 0.2) is 23.6 Å². The molecule has 0 bridgehead atoms. The summed E-state index contributed by atoms with van der Waals surface area (Å²) < 4.78 is 5.34. The second-order valence-electron chi connectivity index (χ2n) is 3.96. The van der Waals surface area contributed by atoms with E-state index in [1.165, 1.54) is 11.3 Å². The molecule has 2 nitrogen and oxygen atoms in total. The van der Waals surface area contributed by atoms with Gasteiger partial charge in [0.2, 0.25) is 5.78 Å². The van der Waals surface area contributed by atoms with Crippen LogP contribution >= 0.6 is 34.5 Å². The number of ketones is 1. The lowest BCUT2D eigenvalue weighted by atomic mass is 10.1. The third-order valence-corrected chi connectivity index (χ3v) is 4.26. The average Bonchev–Trinajstić information content (AvgIpc) is 2.79. The molecule has 0 saturated heterocycles. The zero-order valence-electron chi connectivity index (χ0n) is 10.5. The van der Waals surface area contributed by atoms with E-state index in [2.05, 4.69) is 0 Å². The fourth-order valence-corrected chi connectivity index (χ4v) is 3.03. The molecule has 0 spiro atoms. The second-order valence-corrected chi connectivity index (χ2v) is 5.69. The van der Waals surface area contributed by atoms with Crippen molar-refractivity contribution in [2.45, 2.75) is 13.8 Å². The molecule has 0 fully saturated rings. The summed E-state index contributed by atoms with van der Waals surface area (Å²) in [6.07, 6.45) is 0. The van der Waals surface area contributed by atoms with Crippen LogP contribution in [0.3, 0.4) is 0 Å². The predicted molar refractivity (Wildman–Crippen MR) is 80.1 cm³/mol. The van der Waals surface area contributed by atoms with Gasteiger partial charge in [-0.3, -0.25) is 4.79 Å². The Hall–Kier alpha value is -1.03. The van der Waals surface area contributed by atoms with Gasteiger partial charge in [0.05, 0.1) is 21.5 Å². The highest BCUT2D eigenvalue weighted by Crippen LogP contribution is 2.33. The van der Waals surface area contributed by atoms with Gasteiger partial charge in [-0.25, -0.2) is 0 Å². The Labute approximate surface area is 125 Å². The fraction of sp³-hybridized carbons (Fsp3) is 0.214. The number of aryl methyl sites for hydroxylation is 1. The Morgan fingerprint density at radius 3 is 2.63 bits per heavy atom. The lowest BCUT2D eigenvalue weighted by Gasteiger charge is -2.09. The molecule has 1 aromatic heterocycles. The number of thiophene rings is 1. The van der Waals surface area contributed by atoms with Crippen molar-refractivity contribution in [3.8, 4) is 5.75 Å². The van der Waals surface area contributed by atoms with Crippen LogP contribution in [0, 0.1) is 6.92 Å². The van der Waals surface area contributed by atoms with Crippen molar-refractivity contribution in [2.24, 2.45) is 0 Å². The predicted octanol–water partition coefficient (Wildman–Crippen LogP) is 4.99. The molecule has 0 aliphatic rings. The molecule has 0 unspecified atom stereocenters. The van der Waals surface area contributed by atoms with Crippen molar-refractivity contribution in [1.82, 2.24) is 0 Å². The minimum atomic E-state index is -0.109. The summed E-state index contributed by atoms with van der Waals surface area (Å²) in [5.74, 6) is 0.385. The third kappa shape index (κ3) is 2.94. The Morgan fingerprint density at radius 1 is 1.32 bits per heavy atom. The van der Waals surface area contributed by atoms with Crippen molar-refractivity contribution < 1.29 is 9.53 Å². The van der Waals surface area contributed by atoms with Gasteiger partial charge >= 0.3 is 0 Å². The smallest absolute Gasteiger partial charge is 0.204 e. The van der Waals surface area contributed by atoms with Crippen LogP contribution in [0.5, 0.6) is 5.75 Å². The molecule has 0 amide bonds. The van der Waals surface area contributed by atoms with E-state index in [0.717, 1.165) is 5.56 Å². The quantitative estimate of drug-likeness (QED) is 0.743. The van der Waals surface area contributed by atoms with Gasteiger partial charge < -0.3 is 4.74 Å². The number of carbonyl (C=O) groups excluding carboxylic acids is 1. The van der Waals surface area contributed by atoms with E-state index in [1.807, 2.05) is 25.3 Å². The molecule has 0 atom stereocenters. The zero-order chi connectivity index (χ0) is 14.0. The molecule has 2 aromatic rings. The van der Waals surface area contributed by atoms with E-state index in [4.69, 9.17) is 27.9 Å². The molecule has 1 heterocycles. The molecule has 0 N–H and O–H groups in total. The maximum absolute atomic E-state index is 12.4. The van der Waals surface area contributed by atoms with Crippen LogP contribution < -0.4 is 4.74 Å². The number of hydrogen-bond donors (Lipinski definition) is 0. The first-order chi connectivity index (χ1) is 9.04. The molecular formula is C14H12Cl2O2S. The summed E-state index contributed by atoms with van der Waals surface area (Å²) in [6, 6.07) is 5.06. The van der Waals surface area contributed by atoms with Gasteiger partial charge in [0, 0.05) is 11.6 Å². The van der Waals surface area contributed by atoms with Crippen molar-refractivity contribution in [3.05, 3.63) is 49.6 Å². The van der Waals surface area contributed by atoms with Gasteiger partial charge in [0.15, 0.2) is 0 Å². The van der Waals surface area contributed by atoms with Gasteiger partial charge in [-0.2, -0.15) is 0 Å². The molecule has 0 radical (unpaired) electrons. The summed E-state index contributed by atoms with van der Waals surface area (Å²) in [6.45, 7) is 4.25. The summed E-state index contributed by atoms with van der Waals surface area (Å²) in [5.41, 5.74) is 1.34. The zero-order valence-corrected chi connectivity index (χ0v) is 12.8. The van der Waals surface area contributed by atoms with Crippen LogP contribution in [-0.4, -0.2) is 12.4 Å². The topological polar surface area (TPSA) is 26.3 Å². The molecule has 5 heteroatoms. The van der Waals surface area contributed by atoms with Gasteiger partial charge in [0.25, 0.3) is 0 Å². The number of rotatable bonds is 4. The van der Waals surface area contributed by atoms with Gasteiger partial charge in [-0.15, -0.1) is 11.3 Å². The number of carbonyl (C=O) groups is 1. The third-order valence-electron chi connectivity index (χ3n) is 2.63. The highest BCUT2D eigenvalue weighted by molar-refractivity contribution is 7.12. The van der Waals surface area contributed by atoms with Crippen LogP contribution in [0.25, 0.3) is 0 Å². The maximum Gasteiger partial charge on any atom is 0.204 e. The first-order valence-electron chi connectivity index (χ1n) is 5.75. The van der Waals surface area contributed by atoms with Crippen molar-refractivity contribution in [2.75, 3.05) is 6.61 Å². The summed E-state index contributed by atoms with van der Waals surface area (Å²) in [4.78, 5) is 13.1. The number of halogens is 2. The Kier molecular flexibility index (Phi) is 4.50. The summed E-state index contributed by atoms with van der Waals surface area (Å²) >= 11 is 13.6. The molecule has 100 valence electrons. The van der Waals surface area contributed by atoms with Crippen LogP contribution in [-0.2, 0) is 0 Å². The van der Waals surface area contributed by atoms with Crippen LogP contribution in [0.2, 0.25) is 10.0 Å². The van der Waals surface area contributed by atoms with Crippen molar-refractivity contribution in [1.29, 1.82) is 0 Å². The monoisotopic (exact) mass is 314 g/mol. The maximum atomic E-state index is 12.4. The first kappa shape index (κ1) is 14.4. The van der Waals surface area contributed by atoms with E-state index >= 15 is 0 Å². The van der Waals surface area contributed by atoms with E-state index in [-0.39, 0.29) is 5.78 Å². The van der Waals surface area contributed by atoms with Crippen molar-refractivity contribution >= 4 is 40.3 Å². The Balaban J connectivity index is 2.44. The largest absolute Gasteiger partial charge is 0.492 e. The standard InChI is InChI=1S/C14H12Cl2O2S/c1-3-18-12-7-10(15)9(6-11(12)16)13(17)14-8(2)4-5-19-14/h4-7H,3H2,1-2H3. The normalized spacial score (nSPS) is 10.5. The molecule has 2 rings (SSSR count). The van der Waals surface area contributed by atoms with Crippen LogP contribution in [0.4, 0.5) is 0 Å². The van der Waals surface area contributed by atoms with E-state index < -0.39 is 0 Å². The summed E-state index contributed by atoms with van der Waals surface area (Å²) in [5, 5.41) is 2.63. The number of hydrogen-bond acceptors (Lipinski definition) is 3. The van der Waals surface area contributed by atoms with Crippen molar-refractivity contribution in [3.63, 3.8) is 0 Å². The first-order valence-corrected chi connectivity index (χ1v) is 7.38. The lowest BCUT2D eigenvalue weighted by Crippen LogP contribution is -2.02. The highest BCUT2D eigenvalue weighted by Gasteiger charge is 2.18. The lowest BCUT2D eigenvalue weighted by molar-refractivity contribution is 0.104. The average molecular weight is 315 g/mol. The molecule has 0 aliphatic heterocycles. The molecule has 0 saturated carbocycles. The van der Waals surface area contributed by atoms with E-state index in [9.17, 15) is 4.79 Å². The summed E-state index contributed by atoms with van der Waals surface area (Å²) in [7, 11) is 0. The van der Waals surface area contributed by atoms with Gasteiger partial charge in [0.1, 0.15) is 5.75 Å². The van der Waals surface area contributed by atoms with E-state index in [0.29, 0.717) is 32.8 Å². The second kappa shape index (κ2) is 5.95. The van der Waals surface area contributed by atoms with E-state index in [1.54, 1.807) is 12.1 Å². The molecule has 19 heavy (non-hydrogen) atoms. The Bertz CT molecular complexity index is 620. The van der Waals surface area contributed by atoms with Gasteiger partial charge in [-0.05, 0) is 36.9 Å². The molecular weight excluding hydrogens is 303 g/mol. The Morgan fingerprint density at radius 2 is 2.05 bits per heavy atom. The minimum absolute atomic E-state index is 0.109. The number of benzene rings is 1. The highest BCUT2D eigenvalue weighted by atomic mass is 35.5. The number of ether oxygens (including phenoxy) is 1. The fourth-order valence-electron chi connectivity index (χ4n) is 1.70.